The molecule has 3 rings (SSSR count). The van der Waals surface area contributed by atoms with Gasteiger partial charge in [0.15, 0.2) is 0 Å². The molecule has 1 N–H and O–H groups in total. The molecule has 1 saturated heterocycles. The predicted octanol–water partition coefficient (Wildman–Crippen LogP) is 4.77. The minimum atomic E-state index is -0.324. The number of esters is 1. The first-order valence-corrected chi connectivity index (χ1v) is 10.5. The molecule has 2 aromatic rings. The Kier molecular flexibility index (Phi) is 7.32. The van der Waals surface area contributed by atoms with E-state index >= 15 is 0 Å². The van der Waals surface area contributed by atoms with E-state index in [0.29, 0.717) is 37.6 Å². The summed E-state index contributed by atoms with van der Waals surface area (Å²) < 4.78 is 18.5. The monoisotopic (exact) mass is 433 g/mol. The quantitative estimate of drug-likeness (QED) is 0.666. The van der Waals surface area contributed by atoms with E-state index in [1.165, 1.54) is 30.3 Å². The summed E-state index contributed by atoms with van der Waals surface area (Å²) in [5, 5.41) is 10.4. The van der Waals surface area contributed by atoms with Crippen LogP contribution in [0.3, 0.4) is 0 Å². The van der Waals surface area contributed by atoms with Crippen LogP contribution >= 0.6 is 11.6 Å². The average molecular weight is 434 g/mol. The van der Waals surface area contributed by atoms with Crippen LogP contribution in [-0.2, 0) is 9.53 Å². The molecule has 0 saturated carbocycles. The summed E-state index contributed by atoms with van der Waals surface area (Å²) in [5.74, 6) is -0.932. The lowest BCUT2D eigenvalue weighted by Crippen LogP contribution is -2.40. The molecule has 1 atom stereocenters. The van der Waals surface area contributed by atoms with Gasteiger partial charge in [0.1, 0.15) is 11.6 Å². The van der Waals surface area contributed by atoms with Gasteiger partial charge in [-0.1, -0.05) is 23.7 Å². The van der Waals surface area contributed by atoms with E-state index in [1.807, 2.05) is 0 Å². The number of hydrogen-bond donors (Lipinski definition) is 1. The number of aromatic hydroxyl groups is 1. The van der Waals surface area contributed by atoms with Gasteiger partial charge >= 0.3 is 5.97 Å². The number of halogens is 2. The Balaban J connectivity index is 1.72. The van der Waals surface area contributed by atoms with Crippen molar-refractivity contribution in [3.8, 4) is 5.75 Å². The molecule has 160 valence electrons. The van der Waals surface area contributed by atoms with E-state index in [-0.39, 0.29) is 47.3 Å². The van der Waals surface area contributed by atoms with Crippen LogP contribution in [0, 0.1) is 11.7 Å². The van der Waals surface area contributed by atoms with E-state index in [2.05, 4.69) is 0 Å². The molecule has 1 unspecified atom stereocenters. The second-order valence-electron chi connectivity index (χ2n) is 7.46. The number of likely N-dealkylation sites (tertiary alicyclic amines) is 1. The second-order valence-corrected chi connectivity index (χ2v) is 7.89. The summed E-state index contributed by atoms with van der Waals surface area (Å²) in [6.07, 6.45) is 1.59. The SMILES string of the molecule is CCOC(=O)CC(c1ccc(F)cc1)C1CCN(C(=O)c2cc(Cl)ccc2O)CC1. The first-order chi connectivity index (χ1) is 14.4. The van der Waals surface area contributed by atoms with Gasteiger partial charge in [0, 0.05) is 18.1 Å². The first-order valence-electron chi connectivity index (χ1n) is 10.1. The Morgan fingerprint density at radius 1 is 1.20 bits per heavy atom. The van der Waals surface area contributed by atoms with E-state index < -0.39 is 0 Å². The number of rotatable bonds is 6. The number of hydrogen-bond acceptors (Lipinski definition) is 4. The zero-order valence-electron chi connectivity index (χ0n) is 16.8. The van der Waals surface area contributed by atoms with Gasteiger partial charge in [0.2, 0.25) is 0 Å². The second kappa shape index (κ2) is 9.94. The molecule has 2 aromatic carbocycles. The number of phenolic OH excluding ortho intramolecular Hbond substituents is 1. The summed E-state index contributed by atoms with van der Waals surface area (Å²) in [6, 6.07) is 10.6. The molecule has 1 amide bonds. The van der Waals surface area contributed by atoms with Gasteiger partial charge in [-0.3, -0.25) is 9.59 Å². The number of amides is 1. The van der Waals surface area contributed by atoms with Crippen molar-refractivity contribution in [1.29, 1.82) is 0 Å². The number of nitrogens with zero attached hydrogens (tertiary/aromatic N) is 1. The molecule has 5 nitrogen and oxygen atoms in total. The summed E-state index contributed by atoms with van der Waals surface area (Å²) in [5.41, 5.74) is 1.07. The molecule has 0 spiro atoms. The molecule has 1 aliphatic heterocycles. The van der Waals surface area contributed by atoms with Gasteiger partial charge in [-0.2, -0.15) is 0 Å². The molecule has 30 heavy (non-hydrogen) atoms. The molecule has 0 aliphatic carbocycles. The third-order valence-corrected chi connectivity index (χ3v) is 5.81. The van der Waals surface area contributed by atoms with Crippen molar-refractivity contribution in [2.24, 2.45) is 5.92 Å². The van der Waals surface area contributed by atoms with Crippen molar-refractivity contribution in [1.82, 2.24) is 4.90 Å². The normalized spacial score (nSPS) is 15.6. The largest absolute Gasteiger partial charge is 0.507 e. The highest BCUT2D eigenvalue weighted by molar-refractivity contribution is 6.31. The van der Waals surface area contributed by atoms with Gasteiger partial charge in [0.05, 0.1) is 18.6 Å². The van der Waals surface area contributed by atoms with E-state index in [4.69, 9.17) is 16.3 Å². The summed E-state index contributed by atoms with van der Waals surface area (Å²) >= 11 is 5.97. The Bertz CT molecular complexity index is 895. The first kappa shape index (κ1) is 22.1. The van der Waals surface area contributed by atoms with Crippen LogP contribution in [0.5, 0.6) is 5.75 Å². The minimum Gasteiger partial charge on any atom is -0.507 e. The molecular formula is C23H25ClFNO4. The smallest absolute Gasteiger partial charge is 0.306 e. The number of carbonyl (C=O) groups is 2. The van der Waals surface area contributed by atoms with E-state index in [9.17, 15) is 19.1 Å². The van der Waals surface area contributed by atoms with Gasteiger partial charge in [-0.05, 0) is 67.5 Å². The van der Waals surface area contributed by atoms with Crippen molar-refractivity contribution < 1.29 is 23.8 Å². The Hall–Kier alpha value is -2.60. The third-order valence-electron chi connectivity index (χ3n) is 5.57. The molecule has 7 heteroatoms. The fraction of sp³-hybridized carbons (Fsp3) is 0.391. The van der Waals surface area contributed by atoms with Crippen LogP contribution < -0.4 is 0 Å². The maximum absolute atomic E-state index is 13.4. The fourth-order valence-corrected chi connectivity index (χ4v) is 4.19. The summed E-state index contributed by atoms with van der Waals surface area (Å²) in [6.45, 7) is 3.07. The molecule has 1 heterocycles. The molecule has 0 aromatic heterocycles. The number of benzene rings is 2. The highest BCUT2D eigenvalue weighted by Crippen LogP contribution is 2.36. The van der Waals surface area contributed by atoms with E-state index in [0.717, 1.165) is 5.56 Å². The highest BCUT2D eigenvalue weighted by Gasteiger charge is 2.32. The van der Waals surface area contributed by atoms with Crippen molar-refractivity contribution in [2.75, 3.05) is 19.7 Å². The average Bonchev–Trinajstić information content (AvgIpc) is 2.74. The number of carbonyl (C=O) groups excluding carboxylic acids is 2. The standard InChI is InChI=1S/C23H25ClFNO4/c1-2-30-22(28)14-19(15-3-6-18(25)7-4-15)16-9-11-26(12-10-16)23(29)20-13-17(24)5-8-21(20)27/h3-8,13,16,19,27H,2,9-12,14H2,1H3. The van der Waals surface area contributed by atoms with Crippen LogP contribution in [0.1, 0.15) is 48.0 Å². The summed E-state index contributed by atoms with van der Waals surface area (Å²) in [7, 11) is 0. The number of phenols is 1. The van der Waals surface area contributed by atoms with Crippen LogP contribution in [-0.4, -0.2) is 41.6 Å². The van der Waals surface area contributed by atoms with Crippen LogP contribution in [0.2, 0.25) is 5.02 Å². The third kappa shape index (κ3) is 5.30. The van der Waals surface area contributed by atoms with Crippen molar-refractivity contribution in [3.63, 3.8) is 0 Å². The Labute approximate surface area is 180 Å². The zero-order valence-corrected chi connectivity index (χ0v) is 17.6. The van der Waals surface area contributed by atoms with Gasteiger partial charge in [0.25, 0.3) is 5.91 Å². The molecule has 0 bridgehead atoms. The van der Waals surface area contributed by atoms with Gasteiger partial charge < -0.3 is 14.7 Å². The minimum absolute atomic E-state index is 0.0991. The number of piperidine rings is 1. The Morgan fingerprint density at radius 3 is 2.50 bits per heavy atom. The maximum atomic E-state index is 13.4. The Morgan fingerprint density at radius 2 is 1.87 bits per heavy atom. The van der Waals surface area contributed by atoms with Crippen LogP contribution in [0.15, 0.2) is 42.5 Å². The van der Waals surface area contributed by atoms with Crippen molar-refractivity contribution >= 4 is 23.5 Å². The lowest BCUT2D eigenvalue weighted by molar-refractivity contribution is -0.144. The van der Waals surface area contributed by atoms with Crippen LogP contribution in [0.25, 0.3) is 0 Å². The van der Waals surface area contributed by atoms with Crippen molar-refractivity contribution in [2.45, 2.75) is 32.1 Å². The lowest BCUT2D eigenvalue weighted by atomic mass is 9.78. The van der Waals surface area contributed by atoms with Crippen molar-refractivity contribution in [3.05, 3.63) is 64.4 Å². The topological polar surface area (TPSA) is 66.8 Å². The zero-order chi connectivity index (χ0) is 21.7. The molecular weight excluding hydrogens is 409 g/mol. The molecule has 0 radical (unpaired) electrons. The predicted molar refractivity (Wildman–Crippen MR) is 112 cm³/mol. The maximum Gasteiger partial charge on any atom is 0.306 e. The van der Waals surface area contributed by atoms with Gasteiger partial charge in [-0.15, -0.1) is 0 Å². The summed E-state index contributed by atoms with van der Waals surface area (Å²) in [4.78, 5) is 26.7. The molecule has 1 aliphatic rings. The molecule has 1 fully saturated rings. The lowest BCUT2D eigenvalue weighted by Gasteiger charge is -2.36. The number of ether oxygens (including phenoxy) is 1. The van der Waals surface area contributed by atoms with Crippen LogP contribution in [0.4, 0.5) is 4.39 Å². The fourth-order valence-electron chi connectivity index (χ4n) is 4.02. The van der Waals surface area contributed by atoms with Gasteiger partial charge in [-0.25, -0.2) is 4.39 Å². The van der Waals surface area contributed by atoms with E-state index in [1.54, 1.807) is 24.0 Å². The highest BCUT2D eigenvalue weighted by atomic mass is 35.5.